The van der Waals surface area contributed by atoms with Gasteiger partial charge in [-0.25, -0.2) is 0 Å². The number of carbonyl (C=O) groups excluding carboxylic acids is 3. The molecule has 1 aromatic heterocycles. The van der Waals surface area contributed by atoms with E-state index in [2.05, 4.69) is 10.4 Å². The molecule has 0 bridgehead atoms. The van der Waals surface area contributed by atoms with E-state index in [1.165, 1.54) is 12.8 Å². The third kappa shape index (κ3) is 5.26. The summed E-state index contributed by atoms with van der Waals surface area (Å²) >= 11 is 0. The van der Waals surface area contributed by atoms with E-state index >= 15 is 0 Å². The third-order valence-electron chi connectivity index (χ3n) is 6.63. The lowest BCUT2D eigenvalue weighted by Crippen LogP contribution is -2.37. The highest BCUT2D eigenvalue weighted by Crippen LogP contribution is 2.29. The van der Waals surface area contributed by atoms with Crippen LogP contribution in [-0.4, -0.2) is 63.0 Å². The van der Waals surface area contributed by atoms with Crippen molar-refractivity contribution >= 4 is 17.7 Å². The number of fused-ring (bicyclic) bond motifs is 1. The van der Waals surface area contributed by atoms with Gasteiger partial charge in [-0.1, -0.05) is 30.3 Å². The second-order valence-corrected chi connectivity index (χ2v) is 9.43. The molecule has 2 aliphatic carbocycles. The number of hydrogen-bond donors (Lipinski definition) is 1. The summed E-state index contributed by atoms with van der Waals surface area (Å²) < 4.78 is 1.67. The van der Waals surface area contributed by atoms with Crippen molar-refractivity contribution in [1.82, 2.24) is 24.9 Å². The summed E-state index contributed by atoms with van der Waals surface area (Å²) in [4.78, 5) is 42.3. The zero-order valence-corrected chi connectivity index (χ0v) is 18.9. The summed E-state index contributed by atoms with van der Waals surface area (Å²) in [6, 6.07) is 11.7. The first kappa shape index (κ1) is 21.7. The number of aromatic nitrogens is 2. The molecule has 3 aliphatic rings. The Hall–Kier alpha value is -3.16. The minimum Gasteiger partial charge on any atom is -0.356 e. The second kappa shape index (κ2) is 9.37. The summed E-state index contributed by atoms with van der Waals surface area (Å²) in [6.07, 6.45) is 5.37. The molecule has 3 amide bonds. The fourth-order valence-corrected chi connectivity index (χ4v) is 4.37. The Kier molecular flexibility index (Phi) is 6.15. The average Bonchev–Trinajstić information content (AvgIpc) is 3.75. The topological polar surface area (TPSA) is 87.5 Å². The van der Waals surface area contributed by atoms with Crippen LogP contribution in [0.15, 0.2) is 36.4 Å². The molecule has 5 rings (SSSR count). The van der Waals surface area contributed by atoms with Crippen LogP contribution >= 0.6 is 0 Å². The zero-order valence-electron chi connectivity index (χ0n) is 18.9. The Morgan fingerprint density at radius 1 is 1.09 bits per heavy atom. The van der Waals surface area contributed by atoms with E-state index < -0.39 is 0 Å². The lowest BCUT2D eigenvalue weighted by molar-refractivity contribution is -0.121. The van der Waals surface area contributed by atoms with Crippen molar-refractivity contribution in [3.8, 4) is 0 Å². The van der Waals surface area contributed by atoms with Gasteiger partial charge in [-0.05, 0) is 43.6 Å². The van der Waals surface area contributed by atoms with Gasteiger partial charge in [-0.15, -0.1) is 0 Å². The number of rotatable bonds is 9. The number of nitrogens with zero attached hydrogens (tertiary/aromatic N) is 4. The molecule has 174 valence electrons. The third-order valence-corrected chi connectivity index (χ3v) is 6.63. The first-order valence-electron chi connectivity index (χ1n) is 12.1. The van der Waals surface area contributed by atoms with Gasteiger partial charge in [0.15, 0.2) is 5.69 Å². The highest BCUT2D eigenvalue weighted by atomic mass is 16.2. The molecule has 2 saturated carbocycles. The lowest BCUT2D eigenvalue weighted by atomic mass is 10.2. The highest BCUT2D eigenvalue weighted by Gasteiger charge is 2.35. The zero-order chi connectivity index (χ0) is 22.8. The molecule has 2 aromatic rings. The van der Waals surface area contributed by atoms with Gasteiger partial charge in [0.05, 0.1) is 0 Å². The van der Waals surface area contributed by atoms with Crippen LogP contribution in [0.25, 0.3) is 0 Å². The molecule has 1 N–H and O–H groups in total. The van der Waals surface area contributed by atoms with Gasteiger partial charge in [-0.2, -0.15) is 5.10 Å². The number of amides is 3. The summed E-state index contributed by atoms with van der Waals surface area (Å²) in [6.45, 7) is 2.93. The van der Waals surface area contributed by atoms with Crippen molar-refractivity contribution in [2.24, 2.45) is 5.92 Å². The van der Waals surface area contributed by atoms with Crippen LogP contribution in [0.4, 0.5) is 0 Å². The van der Waals surface area contributed by atoms with Crippen molar-refractivity contribution in [3.05, 3.63) is 53.3 Å². The molecule has 0 saturated heterocycles. The van der Waals surface area contributed by atoms with E-state index in [-0.39, 0.29) is 23.8 Å². The van der Waals surface area contributed by atoms with E-state index in [1.54, 1.807) is 15.6 Å². The molecule has 2 fully saturated rings. The smallest absolute Gasteiger partial charge is 0.274 e. The predicted molar refractivity (Wildman–Crippen MR) is 122 cm³/mol. The average molecular weight is 450 g/mol. The van der Waals surface area contributed by atoms with Crippen LogP contribution in [0, 0.1) is 5.92 Å². The van der Waals surface area contributed by atoms with E-state index in [9.17, 15) is 14.4 Å². The SMILES string of the molecule is O=C(CCN(C(=O)c1cc2n(n1)CCCN(Cc1ccccc1)C2=O)C1CC1)NCC1CC1. The Balaban J connectivity index is 1.26. The highest BCUT2D eigenvalue weighted by molar-refractivity contribution is 5.98. The predicted octanol–water partition coefficient (Wildman–Crippen LogP) is 2.45. The summed E-state index contributed by atoms with van der Waals surface area (Å²) in [7, 11) is 0. The lowest BCUT2D eigenvalue weighted by Gasteiger charge is -2.21. The van der Waals surface area contributed by atoms with Gasteiger partial charge in [0.25, 0.3) is 11.8 Å². The Bertz CT molecular complexity index is 1030. The molecule has 0 unspecified atom stereocenters. The molecular formula is C25H31N5O3. The quantitative estimate of drug-likeness (QED) is 0.637. The number of carbonyl (C=O) groups is 3. The monoisotopic (exact) mass is 449 g/mol. The van der Waals surface area contributed by atoms with Crippen molar-refractivity contribution in [3.63, 3.8) is 0 Å². The summed E-state index contributed by atoms with van der Waals surface area (Å²) in [5, 5.41) is 7.47. The van der Waals surface area contributed by atoms with Crippen LogP contribution in [-0.2, 0) is 17.9 Å². The van der Waals surface area contributed by atoms with Gasteiger partial charge in [0, 0.05) is 51.3 Å². The minimum absolute atomic E-state index is 0.00676. The largest absolute Gasteiger partial charge is 0.356 e. The molecule has 2 heterocycles. The van der Waals surface area contributed by atoms with Gasteiger partial charge in [0.1, 0.15) is 5.69 Å². The number of hydrogen-bond acceptors (Lipinski definition) is 4. The van der Waals surface area contributed by atoms with Gasteiger partial charge < -0.3 is 15.1 Å². The van der Waals surface area contributed by atoms with E-state index in [1.807, 2.05) is 35.2 Å². The standard InChI is InChI=1S/C25H31N5O3/c31-23(26-16-18-7-8-18)11-14-29(20-9-10-20)24(32)21-15-22-25(33)28(12-4-13-30(22)27-21)17-19-5-2-1-3-6-19/h1-3,5-6,15,18,20H,4,7-14,16-17H2,(H,26,31). The Morgan fingerprint density at radius 3 is 2.61 bits per heavy atom. The van der Waals surface area contributed by atoms with Crippen LogP contribution in [0.5, 0.6) is 0 Å². The van der Waals surface area contributed by atoms with Crippen LogP contribution in [0.1, 0.15) is 65.1 Å². The molecule has 8 heteroatoms. The van der Waals surface area contributed by atoms with E-state index in [0.717, 1.165) is 31.4 Å². The van der Waals surface area contributed by atoms with Crippen LogP contribution in [0.2, 0.25) is 0 Å². The van der Waals surface area contributed by atoms with Crippen LogP contribution in [0.3, 0.4) is 0 Å². The molecule has 8 nitrogen and oxygen atoms in total. The fourth-order valence-electron chi connectivity index (χ4n) is 4.37. The number of nitrogens with one attached hydrogen (secondary N) is 1. The maximum Gasteiger partial charge on any atom is 0.274 e. The van der Waals surface area contributed by atoms with E-state index in [0.29, 0.717) is 49.9 Å². The molecule has 0 radical (unpaired) electrons. The van der Waals surface area contributed by atoms with Gasteiger partial charge in [0.2, 0.25) is 5.91 Å². The molecule has 0 atom stereocenters. The first-order valence-corrected chi connectivity index (χ1v) is 12.1. The summed E-state index contributed by atoms with van der Waals surface area (Å²) in [5.74, 6) is 0.346. The van der Waals surface area contributed by atoms with Crippen molar-refractivity contribution in [1.29, 1.82) is 0 Å². The molecular weight excluding hydrogens is 418 g/mol. The van der Waals surface area contributed by atoms with Gasteiger partial charge >= 0.3 is 0 Å². The first-order chi connectivity index (χ1) is 16.1. The Labute approximate surface area is 193 Å². The minimum atomic E-state index is -0.185. The normalized spacial score (nSPS) is 17.9. The molecule has 1 aromatic carbocycles. The Morgan fingerprint density at radius 2 is 1.88 bits per heavy atom. The maximum atomic E-state index is 13.3. The maximum absolute atomic E-state index is 13.3. The molecule has 33 heavy (non-hydrogen) atoms. The van der Waals surface area contributed by atoms with Crippen LogP contribution < -0.4 is 5.32 Å². The van der Waals surface area contributed by atoms with Crippen molar-refractivity contribution in [2.75, 3.05) is 19.6 Å². The van der Waals surface area contributed by atoms with Gasteiger partial charge in [-0.3, -0.25) is 19.1 Å². The van der Waals surface area contributed by atoms with Crippen molar-refractivity contribution < 1.29 is 14.4 Å². The number of benzene rings is 1. The fraction of sp³-hybridized carbons (Fsp3) is 0.520. The van der Waals surface area contributed by atoms with E-state index in [4.69, 9.17) is 0 Å². The van der Waals surface area contributed by atoms with Crippen molar-refractivity contribution in [2.45, 2.75) is 57.7 Å². The summed E-state index contributed by atoms with van der Waals surface area (Å²) in [5.41, 5.74) is 1.84. The molecule has 1 aliphatic heterocycles. The molecule has 0 spiro atoms. The second-order valence-electron chi connectivity index (χ2n) is 9.43. The number of aryl methyl sites for hydroxylation is 1.